The zero-order valence-corrected chi connectivity index (χ0v) is 10.8. The molecule has 0 radical (unpaired) electrons. The number of azide groups is 1. The first-order valence-electron chi connectivity index (χ1n) is 6.12. The van der Waals surface area contributed by atoms with Crippen molar-refractivity contribution in [3.8, 4) is 0 Å². The van der Waals surface area contributed by atoms with Gasteiger partial charge in [-0.25, -0.2) is 0 Å². The Kier molecular flexibility index (Phi) is 5.80. The van der Waals surface area contributed by atoms with Crippen LogP contribution in [0.2, 0.25) is 0 Å². The Morgan fingerprint density at radius 2 is 2.33 bits per heavy atom. The Bertz CT molecular complexity index is 431. The van der Waals surface area contributed by atoms with E-state index in [0.29, 0.717) is 18.8 Å². The third kappa shape index (κ3) is 4.14. The van der Waals surface area contributed by atoms with Gasteiger partial charge in [-0.3, -0.25) is 4.79 Å². The number of carbonyl (C=O) groups excluding carboxylic acids is 1. The lowest BCUT2D eigenvalue weighted by Gasteiger charge is -2.12. The summed E-state index contributed by atoms with van der Waals surface area (Å²) in [7, 11) is 0. The Hall–Kier alpha value is -1.94. The van der Waals surface area contributed by atoms with Crippen molar-refractivity contribution in [2.45, 2.75) is 32.7 Å². The normalized spacial score (nSPS) is 10.2. The Labute approximate surface area is 107 Å². The highest BCUT2D eigenvalue weighted by molar-refractivity contribution is 5.92. The van der Waals surface area contributed by atoms with E-state index in [1.165, 1.54) is 0 Å². The van der Waals surface area contributed by atoms with Crippen LogP contribution >= 0.6 is 0 Å². The van der Waals surface area contributed by atoms with E-state index in [2.05, 4.69) is 15.3 Å². The second-order valence-electron chi connectivity index (χ2n) is 4.31. The molecule has 0 spiro atoms. The quantitative estimate of drug-likeness (QED) is 0.342. The van der Waals surface area contributed by atoms with E-state index in [1.807, 2.05) is 36.7 Å². The van der Waals surface area contributed by atoms with Crippen LogP contribution in [-0.2, 0) is 0 Å². The first-order valence-corrected chi connectivity index (χ1v) is 6.12. The predicted octanol–water partition coefficient (Wildman–Crippen LogP) is 2.89. The van der Waals surface area contributed by atoms with Gasteiger partial charge in [0.15, 0.2) is 0 Å². The zero-order chi connectivity index (χ0) is 13.4. The predicted molar refractivity (Wildman–Crippen MR) is 70.4 cm³/mol. The van der Waals surface area contributed by atoms with Gasteiger partial charge in [0.05, 0.1) is 0 Å². The highest BCUT2D eigenvalue weighted by Gasteiger charge is 2.11. The van der Waals surface area contributed by atoms with Crippen LogP contribution in [0, 0.1) is 0 Å². The highest BCUT2D eigenvalue weighted by Crippen LogP contribution is 2.10. The van der Waals surface area contributed by atoms with E-state index in [4.69, 9.17) is 5.53 Å². The number of rotatable bonds is 7. The summed E-state index contributed by atoms with van der Waals surface area (Å²) in [5.41, 5.74) is 8.78. The average Bonchev–Trinajstić information content (AvgIpc) is 2.82. The number of hydrogen-bond donors (Lipinski definition) is 1. The lowest BCUT2D eigenvalue weighted by molar-refractivity contribution is 0.0942. The lowest BCUT2D eigenvalue weighted by Crippen LogP contribution is -2.27. The molecule has 0 atom stereocenters. The molecule has 1 aromatic rings. The van der Waals surface area contributed by atoms with E-state index < -0.39 is 0 Å². The molecule has 6 nitrogen and oxygen atoms in total. The molecule has 0 aliphatic heterocycles. The van der Waals surface area contributed by atoms with Gasteiger partial charge in [-0.05, 0) is 44.4 Å². The molecule has 18 heavy (non-hydrogen) atoms. The maximum absolute atomic E-state index is 11.9. The second kappa shape index (κ2) is 7.40. The van der Waals surface area contributed by atoms with E-state index >= 15 is 0 Å². The molecule has 0 saturated heterocycles. The van der Waals surface area contributed by atoms with Gasteiger partial charge in [0.2, 0.25) is 0 Å². The summed E-state index contributed by atoms with van der Waals surface area (Å²) < 4.78 is 1.94. The van der Waals surface area contributed by atoms with Crippen LogP contribution in [0.4, 0.5) is 0 Å². The molecule has 1 amide bonds. The summed E-state index contributed by atoms with van der Waals surface area (Å²) in [5, 5.41) is 6.30. The number of aromatic nitrogens is 1. The summed E-state index contributed by atoms with van der Waals surface area (Å²) in [6.45, 7) is 5.16. The smallest absolute Gasteiger partial charge is 0.267 e. The van der Waals surface area contributed by atoms with Crippen LogP contribution < -0.4 is 5.32 Å². The topological polar surface area (TPSA) is 82.8 Å². The van der Waals surface area contributed by atoms with Crippen LogP contribution in [0.15, 0.2) is 23.4 Å². The zero-order valence-electron chi connectivity index (χ0n) is 10.8. The average molecular weight is 249 g/mol. The molecule has 98 valence electrons. The maximum Gasteiger partial charge on any atom is 0.267 e. The molecular weight excluding hydrogens is 230 g/mol. The number of carbonyl (C=O) groups is 1. The number of amides is 1. The first-order chi connectivity index (χ1) is 8.66. The van der Waals surface area contributed by atoms with Crippen LogP contribution in [0.5, 0.6) is 0 Å². The van der Waals surface area contributed by atoms with Crippen molar-refractivity contribution in [1.82, 2.24) is 9.88 Å². The minimum Gasteiger partial charge on any atom is -0.351 e. The Balaban J connectivity index is 2.36. The summed E-state index contributed by atoms with van der Waals surface area (Å²) in [6.07, 6.45) is 3.50. The molecule has 0 saturated carbocycles. The van der Waals surface area contributed by atoms with Gasteiger partial charge in [-0.2, -0.15) is 0 Å². The molecule has 0 aliphatic carbocycles. The van der Waals surface area contributed by atoms with Crippen molar-refractivity contribution in [3.63, 3.8) is 0 Å². The van der Waals surface area contributed by atoms with Crippen LogP contribution in [0.3, 0.4) is 0 Å². The van der Waals surface area contributed by atoms with Gasteiger partial charge in [-0.15, -0.1) is 0 Å². The molecule has 0 bridgehead atoms. The van der Waals surface area contributed by atoms with Gasteiger partial charge in [0.1, 0.15) is 5.69 Å². The number of unbranched alkanes of at least 4 members (excludes halogenated alkanes) is 1. The maximum atomic E-state index is 11.9. The summed E-state index contributed by atoms with van der Waals surface area (Å²) in [4.78, 5) is 14.6. The number of nitrogens with one attached hydrogen (secondary N) is 1. The molecule has 1 N–H and O–H groups in total. The van der Waals surface area contributed by atoms with Crippen molar-refractivity contribution >= 4 is 5.91 Å². The molecular formula is C12H19N5O. The summed E-state index contributed by atoms with van der Waals surface area (Å²) >= 11 is 0. The molecule has 1 aromatic heterocycles. The van der Waals surface area contributed by atoms with E-state index in [9.17, 15) is 4.79 Å². The van der Waals surface area contributed by atoms with Gasteiger partial charge < -0.3 is 9.88 Å². The SMILES string of the molecule is CC(C)n1cccc1C(=O)NCCCCN=[N+]=[N-]. The fourth-order valence-corrected chi connectivity index (χ4v) is 1.68. The molecule has 0 aromatic carbocycles. The fourth-order valence-electron chi connectivity index (χ4n) is 1.68. The van der Waals surface area contributed by atoms with Gasteiger partial charge in [-0.1, -0.05) is 5.11 Å². The largest absolute Gasteiger partial charge is 0.351 e. The highest BCUT2D eigenvalue weighted by atomic mass is 16.1. The van der Waals surface area contributed by atoms with Crippen molar-refractivity contribution in [1.29, 1.82) is 0 Å². The summed E-state index contributed by atoms with van der Waals surface area (Å²) in [5.74, 6) is -0.0579. The van der Waals surface area contributed by atoms with Crippen molar-refractivity contribution in [2.24, 2.45) is 5.11 Å². The van der Waals surface area contributed by atoms with Crippen LogP contribution in [0.1, 0.15) is 43.2 Å². The molecule has 6 heteroatoms. The van der Waals surface area contributed by atoms with Crippen molar-refractivity contribution in [3.05, 3.63) is 34.5 Å². The monoisotopic (exact) mass is 249 g/mol. The van der Waals surface area contributed by atoms with Crippen LogP contribution in [0.25, 0.3) is 10.4 Å². The number of nitrogens with zero attached hydrogens (tertiary/aromatic N) is 4. The molecule has 1 rings (SSSR count). The van der Waals surface area contributed by atoms with Gasteiger partial charge in [0.25, 0.3) is 5.91 Å². The molecule has 0 unspecified atom stereocenters. The third-order valence-electron chi connectivity index (χ3n) is 2.60. The van der Waals surface area contributed by atoms with Crippen molar-refractivity contribution in [2.75, 3.05) is 13.1 Å². The van der Waals surface area contributed by atoms with E-state index in [0.717, 1.165) is 12.8 Å². The second-order valence-corrected chi connectivity index (χ2v) is 4.31. The number of hydrogen-bond acceptors (Lipinski definition) is 2. The van der Waals surface area contributed by atoms with Gasteiger partial charge >= 0.3 is 0 Å². The third-order valence-corrected chi connectivity index (χ3v) is 2.60. The summed E-state index contributed by atoms with van der Waals surface area (Å²) in [6, 6.07) is 3.96. The standard InChI is InChI=1S/C12H19N5O/c1-10(2)17-9-5-6-11(17)12(18)14-7-3-4-8-15-16-13/h5-6,9-10H,3-4,7-8H2,1-2H3,(H,14,18). The van der Waals surface area contributed by atoms with Crippen LogP contribution in [-0.4, -0.2) is 23.6 Å². The Morgan fingerprint density at radius 1 is 1.56 bits per heavy atom. The van der Waals surface area contributed by atoms with E-state index in [1.54, 1.807) is 0 Å². The minimum absolute atomic E-state index is 0.0579. The van der Waals surface area contributed by atoms with Crippen molar-refractivity contribution < 1.29 is 4.79 Å². The minimum atomic E-state index is -0.0579. The van der Waals surface area contributed by atoms with Gasteiger partial charge in [0, 0.05) is 30.2 Å². The molecule has 0 aliphatic rings. The molecule has 1 heterocycles. The van der Waals surface area contributed by atoms with E-state index in [-0.39, 0.29) is 11.9 Å². The Morgan fingerprint density at radius 3 is 3.00 bits per heavy atom. The first kappa shape index (κ1) is 14.1. The fraction of sp³-hybridized carbons (Fsp3) is 0.583. The lowest BCUT2D eigenvalue weighted by atomic mass is 10.3. The molecule has 0 fully saturated rings.